The van der Waals surface area contributed by atoms with Gasteiger partial charge in [-0.1, -0.05) is 60.7 Å². The van der Waals surface area contributed by atoms with Crippen LogP contribution in [0.15, 0.2) is 73.1 Å². The molecule has 2 aromatic heterocycles. The molecule has 2 unspecified atom stereocenters. The van der Waals surface area contributed by atoms with Crippen LogP contribution in [0.4, 0.5) is 5.82 Å². The van der Waals surface area contributed by atoms with E-state index in [1.54, 1.807) is 0 Å². The summed E-state index contributed by atoms with van der Waals surface area (Å²) in [5.41, 5.74) is 10.2. The van der Waals surface area contributed by atoms with Crippen molar-refractivity contribution in [3.05, 3.63) is 84.2 Å². The van der Waals surface area contributed by atoms with Gasteiger partial charge in [0.05, 0.1) is 17.5 Å². The zero-order valence-electron chi connectivity index (χ0n) is 19.6. The Balaban J connectivity index is 1.24. The number of aliphatic hydroxyl groups is 1. The predicted molar refractivity (Wildman–Crippen MR) is 139 cm³/mol. The Morgan fingerprint density at radius 3 is 2.64 bits per heavy atom. The van der Waals surface area contributed by atoms with Crippen molar-refractivity contribution in [2.75, 3.05) is 5.73 Å². The van der Waals surface area contributed by atoms with Gasteiger partial charge in [0.1, 0.15) is 17.8 Å². The molecule has 0 bridgehead atoms. The molecule has 0 radical (unpaired) electrons. The van der Waals surface area contributed by atoms with E-state index in [-0.39, 0.29) is 18.1 Å². The molecular formula is C28H26N6O2. The van der Waals surface area contributed by atoms with Crippen LogP contribution >= 0.6 is 0 Å². The number of benzene rings is 3. The Hall–Kier alpha value is -4.30. The smallest absolute Gasteiger partial charge is 0.252 e. The first kappa shape index (κ1) is 22.2. The summed E-state index contributed by atoms with van der Waals surface area (Å²) >= 11 is 0. The number of aliphatic hydroxyl groups excluding tert-OH is 1. The number of nitrogens with two attached hydrogens (primary N) is 1. The van der Waals surface area contributed by atoms with Gasteiger partial charge in [0.2, 0.25) is 0 Å². The second kappa shape index (κ2) is 9.05. The lowest BCUT2D eigenvalue weighted by Gasteiger charge is -2.10. The van der Waals surface area contributed by atoms with Crippen LogP contribution < -0.4 is 11.1 Å². The Labute approximate surface area is 207 Å². The van der Waals surface area contributed by atoms with E-state index in [2.05, 4.69) is 15.3 Å². The Morgan fingerprint density at radius 1 is 1.03 bits per heavy atom. The van der Waals surface area contributed by atoms with Crippen LogP contribution in [0.2, 0.25) is 0 Å². The van der Waals surface area contributed by atoms with Crippen molar-refractivity contribution < 1.29 is 9.90 Å². The largest absolute Gasteiger partial charge is 0.393 e. The number of nitrogens with zero attached hydrogens (tertiary/aromatic N) is 4. The molecule has 2 heterocycles. The van der Waals surface area contributed by atoms with Crippen LogP contribution in [0.25, 0.3) is 33.1 Å². The number of carbonyl (C=O) groups excluding carboxylic acids is 1. The van der Waals surface area contributed by atoms with Gasteiger partial charge >= 0.3 is 0 Å². The van der Waals surface area contributed by atoms with E-state index in [0.29, 0.717) is 30.0 Å². The van der Waals surface area contributed by atoms with Gasteiger partial charge in [0, 0.05) is 17.7 Å². The molecule has 0 spiro atoms. The third kappa shape index (κ3) is 3.95. The average molecular weight is 479 g/mol. The van der Waals surface area contributed by atoms with E-state index >= 15 is 0 Å². The zero-order chi connectivity index (χ0) is 24.6. The van der Waals surface area contributed by atoms with Crippen molar-refractivity contribution in [1.29, 1.82) is 0 Å². The standard InChI is InChI=1S/C28H26N6O2/c29-26-24-25(33-34(27(24)32-16-31-26)20-12-13-21(35)14-20)19-10-8-17(9-11-19)15-30-28(36)23-7-3-5-18-4-1-2-6-22(18)23/h1-11,16,20-21,35H,12-15H2,(H,30,36)(H2,29,31,32). The van der Waals surface area contributed by atoms with Gasteiger partial charge in [0.25, 0.3) is 5.91 Å². The molecule has 5 aromatic rings. The van der Waals surface area contributed by atoms with Crippen LogP contribution in [-0.4, -0.2) is 36.9 Å². The Kier molecular flexibility index (Phi) is 5.58. The summed E-state index contributed by atoms with van der Waals surface area (Å²) in [5, 5.41) is 20.6. The summed E-state index contributed by atoms with van der Waals surface area (Å²) < 4.78 is 1.89. The normalized spacial score (nSPS) is 17.6. The molecule has 1 saturated carbocycles. The molecule has 6 rings (SSSR count). The second-order valence-electron chi connectivity index (χ2n) is 9.28. The van der Waals surface area contributed by atoms with Crippen molar-refractivity contribution in [2.45, 2.75) is 38.0 Å². The Bertz CT molecular complexity index is 1570. The maximum atomic E-state index is 12.9. The minimum absolute atomic E-state index is 0.0779. The lowest BCUT2D eigenvalue weighted by molar-refractivity contribution is 0.0952. The number of carbonyl (C=O) groups is 1. The molecule has 3 aromatic carbocycles. The van der Waals surface area contributed by atoms with Crippen molar-refractivity contribution in [1.82, 2.24) is 25.1 Å². The van der Waals surface area contributed by atoms with Gasteiger partial charge in [-0.2, -0.15) is 5.10 Å². The van der Waals surface area contributed by atoms with E-state index in [1.165, 1.54) is 6.33 Å². The molecule has 1 aliphatic rings. The summed E-state index contributed by atoms with van der Waals surface area (Å²) in [6, 6.07) is 21.6. The van der Waals surface area contributed by atoms with Gasteiger partial charge in [-0.25, -0.2) is 14.6 Å². The number of aromatic nitrogens is 4. The third-order valence-electron chi connectivity index (χ3n) is 6.96. The number of hydrogen-bond acceptors (Lipinski definition) is 6. The summed E-state index contributed by atoms with van der Waals surface area (Å²) in [6.07, 6.45) is 3.38. The fourth-order valence-corrected chi connectivity index (χ4v) is 5.09. The SMILES string of the molecule is Nc1ncnc2c1c(-c1ccc(CNC(=O)c3cccc4ccccc34)cc1)nn2C1CCC(O)C1. The summed E-state index contributed by atoms with van der Waals surface area (Å²) in [4.78, 5) is 21.5. The highest BCUT2D eigenvalue weighted by molar-refractivity contribution is 6.07. The highest BCUT2D eigenvalue weighted by atomic mass is 16.3. The van der Waals surface area contributed by atoms with Crippen LogP contribution in [-0.2, 0) is 6.54 Å². The van der Waals surface area contributed by atoms with Crippen molar-refractivity contribution in [3.8, 4) is 11.3 Å². The number of nitrogen functional groups attached to an aromatic ring is 1. The molecule has 180 valence electrons. The van der Waals surface area contributed by atoms with Gasteiger partial charge in [-0.05, 0) is 41.7 Å². The maximum Gasteiger partial charge on any atom is 0.252 e. The number of anilines is 1. The summed E-state index contributed by atoms with van der Waals surface area (Å²) in [7, 11) is 0. The zero-order valence-corrected chi connectivity index (χ0v) is 19.6. The number of fused-ring (bicyclic) bond motifs is 2. The van der Waals surface area contributed by atoms with E-state index in [4.69, 9.17) is 10.8 Å². The van der Waals surface area contributed by atoms with E-state index < -0.39 is 0 Å². The molecule has 1 aliphatic carbocycles. The van der Waals surface area contributed by atoms with Gasteiger partial charge in [-0.3, -0.25) is 4.79 Å². The number of rotatable bonds is 5. The van der Waals surface area contributed by atoms with Crippen LogP contribution in [0.1, 0.15) is 41.2 Å². The molecule has 36 heavy (non-hydrogen) atoms. The van der Waals surface area contributed by atoms with E-state index in [0.717, 1.165) is 45.8 Å². The minimum Gasteiger partial charge on any atom is -0.393 e. The molecule has 0 saturated heterocycles. The molecule has 0 aliphatic heterocycles. The van der Waals surface area contributed by atoms with Crippen LogP contribution in [0, 0.1) is 0 Å². The molecule has 4 N–H and O–H groups in total. The fraction of sp³-hybridized carbons (Fsp3) is 0.214. The van der Waals surface area contributed by atoms with Gasteiger partial charge < -0.3 is 16.2 Å². The van der Waals surface area contributed by atoms with Crippen LogP contribution in [0.3, 0.4) is 0 Å². The lowest BCUT2D eigenvalue weighted by Crippen LogP contribution is -2.22. The van der Waals surface area contributed by atoms with Crippen LogP contribution in [0.5, 0.6) is 0 Å². The van der Waals surface area contributed by atoms with Gasteiger partial charge in [-0.15, -0.1) is 0 Å². The lowest BCUT2D eigenvalue weighted by atomic mass is 10.0. The topological polar surface area (TPSA) is 119 Å². The van der Waals surface area contributed by atoms with E-state index in [1.807, 2.05) is 71.4 Å². The molecule has 8 heteroatoms. The second-order valence-corrected chi connectivity index (χ2v) is 9.28. The van der Waals surface area contributed by atoms with Crippen molar-refractivity contribution >= 4 is 33.5 Å². The molecule has 8 nitrogen and oxygen atoms in total. The first-order valence-electron chi connectivity index (χ1n) is 12.1. The Morgan fingerprint density at radius 2 is 1.83 bits per heavy atom. The maximum absolute atomic E-state index is 12.9. The van der Waals surface area contributed by atoms with Crippen molar-refractivity contribution in [3.63, 3.8) is 0 Å². The molecular weight excluding hydrogens is 452 g/mol. The number of nitrogens with one attached hydrogen (secondary N) is 1. The average Bonchev–Trinajstić information content (AvgIpc) is 3.51. The quantitative estimate of drug-likeness (QED) is 0.348. The van der Waals surface area contributed by atoms with Gasteiger partial charge in [0.15, 0.2) is 5.65 Å². The number of hydrogen-bond donors (Lipinski definition) is 3. The molecule has 1 fully saturated rings. The number of amides is 1. The highest BCUT2D eigenvalue weighted by Gasteiger charge is 2.28. The third-order valence-corrected chi connectivity index (χ3v) is 6.96. The monoisotopic (exact) mass is 478 g/mol. The summed E-state index contributed by atoms with van der Waals surface area (Å²) in [5.74, 6) is 0.274. The predicted octanol–water partition coefficient (Wildman–Crippen LogP) is 4.24. The fourth-order valence-electron chi connectivity index (χ4n) is 5.09. The first-order valence-corrected chi connectivity index (χ1v) is 12.1. The minimum atomic E-state index is -0.319. The van der Waals surface area contributed by atoms with Crippen molar-refractivity contribution in [2.24, 2.45) is 0 Å². The first-order chi connectivity index (χ1) is 17.6. The highest BCUT2D eigenvalue weighted by Crippen LogP contribution is 2.36. The summed E-state index contributed by atoms with van der Waals surface area (Å²) in [6.45, 7) is 0.405. The van der Waals surface area contributed by atoms with E-state index in [9.17, 15) is 9.90 Å². The molecule has 2 atom stereocenters. The molecule has 1 amide bonds.